The van der Waals surface area contributed by atoms with Gasteiger partial charge in [0.25, 0.3) is 0 Å². The zero-order valence-corrected chi connectivity index (χ0v) is 11.4. The highest BCUT2D eigenvalue weighted by molar-refractivity contribution is 7.80. The van der Waals surface area contributed by atoms with Crippen LogP contribution in [-0.4, -0.2) is 32.6 Å². The number of rotatable bonds is 1. The van der Waals surface area contributed by atoms with Crippen LogP contribution in [0.4, 0.5) is 0 Å². The van der Waals surface area contributed by atoms with Gasteiger partial charge in [0.2, 0.25) is 0 Å². The zero-order valence-electron chi connectivity index (χ0n) is 10.6. The number of thiocarbonyl (C=S) groups is 1. The van der Waals surface area contributed by atoms with Crippen molar-refractivity contribution < 1.29 is 0 Å². The second kappa shape index (κ2) is 5.26. The number of hydrogen-bond donors (Lipinski definition) is 2. The van der Waals surface area contributed by atoms with Gasteiger partial charge in [-0.2, -0.15) is 0 Å². The number of H-pyrrole nitrogens is 1. The van der Waals surface area contributed by atoms with E-state index in [1.807, 2.05) is 0 Å². The van der Waals surface area contributed by atoms with Gasteiger partial charge >= 0.3 is 0 Å². The molecule has 4 nitrogen and oxygen atoms in total. The molecule has 1 aromatic heterocycles. The van der Waals surface area contributed by atoms with Crippen molar-refractivity contribution in [1.29, 1.82) is 0 Å². The summed E-state index contributed by atoms with van der Waals surface area (Å²) in [6.07, 6.45) is 9.37. The highest BCUT2D eigenvalue weighted by Gasteiger charge is 2.22. The van der Waals surface area contributed by atoms with E-state index in [0.29, 0.717) is 6.04 Å². The lowest BCUT2D eigenvalue weighted by atomic mass is 9.96. The van der Waals surface area contributed by atoms with Crippen molar-refractivity contribution in [1.82, 2.24) is 20.2 Å². The molecule has 18 heavy (non-hydrogen) atoms. The molecule has 0 unspecified atom stereocenters. The molecule has 0 radical (unpaired) electrons. The molecule has 0 atom stereocenters. The molecule has 0 bridgehead atoms. The number of nitrogens with zero attached hydrogens (tertiary/aromatic N) is 2. The maximum Gasteiger partial charge on any atom is 0.169 e. The predicted molar refractivity (Wildman–Crippen MR) is 75.3 cm³/mol. The van der Waals surface area contributed by atoms with E-state index in [1.54, 1.807) is 6.33 Å². The first-order chi connectivity index (χ1) is 8.83. The van der Waals surface area contributed by atoms with Crippen molar-refractivity contribution in [3.05, 3.63) is 17.7 Å². The van der Waals surface area contributed by atoms with Gasteiger partial charge in [-0.05, 0) is 25.1 Å². The Morgan fingerprint density at radius 2 is 2.22 bits per heavy atom. The average molecular weight is 264 g/mol. The highest BCUT2D eigenvalue weighted by atomic mass is 32.1. The third kappa shape index (κ3) is 2.51. The van der Waals surface area contributed by atoms with Crippen LogP contribution >= 0.6 is 12.2 Å². The molecule has 5 heteroatoms. The van der Waals surface area contributed by atoms with Gasteiger partial charge in [0.05, 0.1) is 24.3 Å². The van der Waals surface area contributed by atoms with Crippen LogP contribution in [0.5, 0.6) is 0 Å². The molecule has 98 valence electrons. The lowest BCUT2D eigenvalue weighted by molar-refractivity contribution is 0.353. The number of imidazole rings is 1. The van der Waals surface area contributed by atoms with E-state index in [2.05, 4.69) is 20.2 Å². The number of aromatic amines is 1. The first kappa shape index (κ1) is 12.0. The summed E-state index contributed by atoms with van der Waals surface area (Å²) in [7, 11) is 0. The minimum absolute atomic E-state index is 0.592. The summed E-state index contributed by atoms with van der Waals surface area (Å²) >= 11 is 5.54. The molecule has 2 aliphatic rings. The molecule has 0 spiro atoms. The summed E-state index contributed by atoms with van der Waals surface area (Å²) in [5, 5.41) is 4.45. The molecule has 0 aromatic carbocycles. The number of nitrogens with one attached hydrogen (secondary N) is 2. The predicted octanol–water partition coefficient (Wildman–Crippen LogP) is 1.98. The Labute approximate surface area is 113 Å². The van der Waals surface area contributed by atoms with Crippen LogP contribution in [0, 0.1) is 0 Å². The molecule has 1 fully saturated rings. The Morgan fingerprint density at radius 3 is 3.06 bits per heavy atom. The van der Waals surface area contributed by atoms with Crippen molar-refractivity contribution in [3.63, 3.8) is 0 Å². The highest BCUT2D eigenvalue weighted by Crippen LogP contribution is 2.19. The van der Waals surface area contributed by atoms with Crippen LogP contribution in [0.1, 0.15) is 43.5 Å². The minimum Gasteiger partial charge on any atom is -0.360 e. The van der Waals surface area contributed by atoms with Crippen LogP contribution < -0.4 is 5.32 Å². The molecule has 1 aliphatic heterocycles. The van der Waals surface area contributed by atoms with Gasteiger partial charge < -0.3 is 15.2 Å². The van der Waals surface area contributed by atoms with Crippen molar-refractivity contribution in [2.45, 2.75) is 51.1 Å². The Kier molecular flexibility index (Phi) is 3.50. The summed E-state index contributed by atoms with van der Waals surface area (Å²) in [4.78, 5) is 9.78. The molecule has 2 heterocycles. The SMILES string of the molecule is S=C(NC1CCCCC1)N1CCc2nc[nH]c2C1. The summed E-state index contributed by atoms with van der Waals surface area (Å²) in [6.45, 7) is 1.85. The lowest BCUT2D eigenvalue weighted by Crippen LogP contribution is -2.47. The van der Waals surface area contributed by atoms with Crippen molar-refractivity contribution in [2.75, 3.05) is 6.54 Å². The molecule has 2 N–H and O–H groups in total. The molecule has 0 amide bonds. The summed E-state index contributed by atoms with van der Waals surface area (Å²) < 4.78 is 0. The van der Waals surface area contributed by atoms with E-state index >= 15 is 0 Å². The lowest BCUT2D eigenvalue weighted by Gasteiger charge is -2.32. The van der Waals surface area contributed by atoms with E-state index in [1.165, 1.54) is 43.5 Å². The second-order valence-electron chi connectivity index (χ2n) is 5.28. The van der Waals surface area contributed by atoms with Gasteiger partial charge in [0.1, 0.15) is 0 Å². The van der Waals surface area contributed by atoms with Gasteiger partial charge in [-0.15, -0.1) is 0 Å². The van der Waals surface area contributed by atoms with E-state index in [9.17, 15) is 0 Å². The number of aromatic nitrogens is 2. The summed E-state index contributed by atoms with van der Waals surface area (Å²) in [5.41, 5.74) is 2.42. The Hall–Kier alpha value is -1.10. The molecular weight excluding hydrogens is 244 g/mol. The minimum atomic E-state index is 0.592. The number of hydrogen-bond acceptors (Lipinski definition) is 2. The van der Waals surface area contributed by atoms with Crippen LogP contribution in [-0.2, 0) is 13.0 Å². The third-order valence-corrected chi connectivity index (χ3v) is 4.37. The Bertz CT molecular complexity index is 422. The van der Waals surface area contributed by atoms with Crippen LogP contribution in [0.2, 0.25) is 0 Å². The van der Waals surface area contributed by atoms with Gasteiger partial charge in [0, 0.05) is 19.0 Å². The molecular formula is C13H20N4S. The summed E-state index contributed by atoms with van der Waals surface area (Å²) in [6, 6.07) is 0.592. The fraction of sp³-hybridized carbons (Fsp3) is 0.692. The monoisotopic (exact) mass is 264 g/mol. The smallest absolute Gasteiger partial charge is 0.169 e. The van der Waals surface area contributed by atoms with Crippen molar-refractivity contribution >= 4 is 17.3 Å². The maximum absolute atomic E-state index is 5.54. The normalized spacial score (nSPS) is 20.6. The first-order valence-electron chi connectivity index (χ1n) is 6.89. The van der Waals surface area contributed by atoms with Crippen LogP contribution in [0.25, 0.3) is 0 Å². The molecule has 3 rings (SSSR count). The van der Waals surface area contributed by atoms with E-state index in [4.69, 9.17) is 12.2 Å². The Balaban J connectivity index is 1.57. The molecule has 1 saturated carbocycles. The third-order valence-electron chi connectivity index (χ3n) is 3.99. The largest absolute Gasteiger partial charge is 0.360 e. The maximum atomic E-state index is 5.54. The molecule has 1 aliphatic carbocycles. The molecule has 0 saturated heterocycles. The standard InChI is InChI=1S/C13H20N4S/c18-13(16-10-4-2-1-3-5-10)17-7-6-11-12(8-17)15-9-14-11/h9-10H,1-8H2,(H,14,15)(H,16,18). The van der Waals surface area contributed by atoms with E-state index < -0.39 is 0 Å². The van der Waals surface area contributed by atoms with Crippen LogP contribution in [0.3, 0.4) is 0 Å². The zero-order chi connectivity index (χ0) is 12.4. The van der Waals surface area contributed by atoms with Gasteiger partial charge in [-0.3, -0.25) is 0 Å². The fourth-order valence-corrected chi connectivity index (χ4v) is 3.22. The van der Waals surface area contributed by atoms with Gasteiger partial charge in [-0.25, -0.2) is 4.98 Å². The van der Waals surface area contributed by atoms with Crippen molar-refractivity contribution in [3.8, 4) is 0 Å². The number of fused-ring (bicyclic) bond motifs is 1. The Morgan fingerprint density at radius 1 is 1.39 bits per heavy atom. The first-order valence-corrected chi connectivity index (χ1v) is 7.30. The van der Waals surface area contributed by atoms with E-state index in [0.717, 1.165) is 24.6 Å². The average Bonchev–Trinajstić information content (AvgIpc) is 2.87. The van der Waals surface area contributed by atoms with Gasteiger partial charge in [-0.1, -0.05) is 19.3 Å². The van der Waals surface area contributed by atoms with Crippen LogP contribution in [0.15, 0.2) is 6.33 Å². The fourth-order valence-electron chi connectivity index (χ4n) is 2.90. The molecule has 1 aromatic rings. The van der Waals surface area contributed by atoms with Gasteiger partial charge in [0.15, 0.2) is 5.11 Å². The van der Waals surface area contributed by atoms with E-state index in [-0.39, 0.29) is 0 Å². The second-order valence-corrected chi connectivity index (χ2v) is 5.67. The van der Waals surface area contributed by atoms with Crippen molar-refractivity contribution in [2.24, 2.45) is 0 Å². The quantitative estimate of drug-likeness (QED) is 0.761. The topological polar surface area (TPSA) is 44.0 Å². The summed E-state index contributed by atoms with van der Waals surface area (Å²) in [5.74, 6) is 0.